The largest absolute Gasteiger partial charge is 0.492 e. The van der Waals surface area contributed by atoms with Crippen molar-refractivity contribution in [1.82, 2.24) is 14.8 Å². The van der Waals surface area contributed by atoms with E-state index in [1.54, 1.807) is 16.4 Å². The Bertz CT molecular complexity index is 1170. The molecule has 0 saturated carbocycles. The summed E-state index contributed by atoms with van der Waals surface area (Å²) in [6, 6.07) is 15.2. The molecule has 0 radical (unpaired) electrons. The van der Waals surface area contributed by atoms with Crippen molar-refractivity contribution in [2.24, 2.45) is 0 Å². The molecule has 0 atom stereocenters. The predicted octanol–water partition coefficient (Wildman–Crippen LogP) is 5.16. The van der Waals surface area contributed by atoms with Crippen LogP contribution in [-0.4, -0.2) is 33.5 Å². The van der Waals surface area contributed by atoms with E-state index in [2.05, 4.69) is 10.4 Å². The zero-order valence-electron chi connectivity index (χ0n) is 16.3. The summed E-state index contributed by atoms with van der Waals surface area (Å²) in [7, 11) is 0. The van der Waals surface area contributed by atoms with Crippen LogP contribution >= 0.6 is 23.1 Å². The first-order valence-electron chi connectivity index (χ1n) is 9.14. The smallest absolute Gasteiger partial charge is 0.256 e. The number of rotatable bonds is 6. The lowest BCUT2D eigenvalue weighted by Crippen LogP contribution is -2.15. The number of carbonyl (C=O) groups excluding carboxylic acids is 1. The van der Waals surface area contributed by atoms with Crippen LogP contribution < -0.4 is 10.1 Å². The molecule has 0 saturated heterocycles. The number of aromatic nitrogens is 3. The number of ether oxygens (including phenoxy) is 1. The Labute approximate surface area is 176 Å². The summed E-state index contributed by atoms with van der Waals surface area (Å²) in [4.78, 5) is 18.6. The van der Waals surface area contributed by atoms with Crippen molar-refractivity contribution in [3.63, 3.8) is 0 Å². The van der Waals surface area contributed by atoms with Gasteiger partial charge in [-0.2, -0.15) is 9.78 Å². The van der Waals surface area contributed by atoms with Gasteiger partial charge in [-0.05, 0) is 56.5 Å². The molecule has 2 heterocycles. The fourth-order valence-corrected chi connectivity index (χ4v) is 4.30. The summed E-state index contributed by atoms with van der Waals surface area (Å²) >= 11 is 3.14. The molecule has 0 unspecified atom stereocenters. The summed E-state index contributed by atoms with van der Waals surface area (Å²) in [6.07, 6.45) is 2.01. The lowest BCUT2D eigenvalue weighted by atomic mass is 10.2. The monoisotopic (exact) mass is 424 g/mol. The third-order valence-corrected chi connectivity index (χ3v) is 6.02. The van der Waals surface area contributed by atoms with Gasteiger partial charge in [-0.15, -0.1) is 11.8 Å². The van der Waals surface area contributed by atoms with E-state index in [9.17, 15) is 4.79 Å². The topological polar surface area (TPSA) is 69.0 Å². The molecule has 148 valence electrons. The van der Waals surface area contributed by atoms with Gasteiger partial charge in [-0.1, -0.05) is 17.4 Å². The molecule has 0 aliphatic carbocycles. The van der Waals surface area contributed by atoms with Crippen LogP contribution in [0.25, 0.3) is 15.3 Å². The van der Waals surface area contributed by atoms with Crippen LogP contribution in [-0.2, 0) is 0 Å². The highest BCUT2D eigenvalue weighted by Gasteiger charge is 2.17. The van der Waals surface area contributed by atoms with Crippen molar-refractivity contribution in [3.8, 4) is 10.9 Å². The van der Waals surface area contributed by atoms with Crippen LogP contribution in [0.15, 0.2) is 53.4 Å². The molecule has 0 spiro atoms. The maximum Gasteiger partial charge on any atom is 0.256 e. The number of nitrogens with one attached hydrogen (secondary N) is 1. The number of amides is 1. The molecule has 4 aromatic rings. The Morgan fingerprint density at radius 3 is 2.76 bits per heavy atom. The fraction of sp³-hybridized carbons (Fsp3) is 0.190. The minimum absolute atomic E-state index is 0.185. The Balaban J connectivity index is 1.67. The van der Waals surface area contributed by atoms with Crippen molar-refractivity contribution in [2.75, 3.05) is 18.2 Å². The molecule has 0 bridgehead atoms. The van der Waals surface area contributed by atoms with E-state index in [1.807, 2.05) is 68.6 Å². The molecule has 2 aromatic carbocycles. The Kier molecular flexibility index (Phi) is 5.55. The maximum atomic E-state index is 12.7. The van der Waals surface area contributed by atoms with Crippen LogP contribution in [0.5, 0.6) is 5.75 Å². The van der Waals surface area contributed by atoms with Gasteiger partial charge in [0.05, 0.1) is 17.0 Å². The number of para-hydroxylation sites is 1. The summed E-state index contributed by atoms with van der Waals surface area (Å²) in [5, 5.41) is 8.16. The minimum Gasteiger partial charge on any atom is -0.492 e. The first-order chi connectivity index (χ1) is 14.1. The standard InChI is InChI=1S/C21H20N4O2S2/c1-4-27-16-6-5-7-17-19(16)23-21(29-17)25-18(12-13(2)24-25)22-20(26)14-8-10-15(28-3)11-9-14/h5-12H,4H2,1-3H3,(H,22,26). The van der Waals surface area contributed by atoms with Crippen LogP contribution in [0.2, 0.25) is 0 Å². The third kappa shape index (κ3) is 3.99. The van der Waals surface area contributed by atoms with Gasteiger partial charge in [-0.25, -0.2) is 4.98 Å². The molecule has 8 heteroatoms. The van der Waals surface area contributed by atoms with Crippen LogP contribution in [0, 0.1) is 6.92 Å². The van der Waals surface area contributed by atoms with E-state index in [-0.39, 0.29) is 5.91 Å². The zero-order valence-corrected chi connectivity index (χ0v) is 17.9. The van der Waals surface area contributed by atoms with Crippen molar-refractivity contribution < 1.29 is 9.53 Å². The van der Waals surface area contributed by atoms with E-state index in [4.69, 9.17) is 9.72 Å². The number of thioether (sulfide) groups is 1. The Morgan fingerprint density at radius 2 is 2.03 bits per heavy atom. The lowest BCUT2D eigenvalue weighted by molar-refractivity contribution is 0.102. The van der Waals surface area contributed by atoms with Gasteiger partial charge >= 0.3 is 0 Å². The SMILES string of the molecule is CCOc1cccc2sc(-n3nc(C)cc3NC(=O)c3ccc(SC)cc3)nc12. The Morgan fingerprint density at radius 1 is 1.24 bits per heavy atom. The second-order valence-corrected chi connectivity index (χ2v) is 8.19. The number of aryl methyl sites for hydroxylation is 1. The molecule has 0 aliphatic heterocycles. The number of hydrogen-bond acceptors (Lipinski definition) is 6. The number of nitrogens with zero attached hydrogens (tertiary/aromatic N) is 3. The predicted molar refractivity (Wildman–Crippen MR) is 119 cm³/mol. The number of hydrogen-bond donors (Lipinski definition) is 1. The third-order valence-electron chi connectivity index (χ3n) is 4.28. The van der Waals surface area contributed by atoms with Gasteiger partial charge in [-0.3, -0.25) is 4.79 Å². The van der Waals surface area contributed by atoms with Crippen molar-refractivity contribution in [2.45, 2.75) is 18.7 Å². The maximum absolute atomic E-state index is 12.7. The highest BCUT2D eigenvalue weighted by Crippen LogP contribution is 2.32. The van der Waals surface area contributed by atoms with E-state index in [1.165, 1.54) is 11.3 Å². The van der Waals surface area contributed by atoms with E-state index in [0.29, 0.717) is 23.1 Å². The molecular weight excluding hydrogens is 404 g/mol. The minimum atomic E-state index is -0.185. The fourth-order valence-electron chi connectivity index (χ4n) is 2.94. The normalized spacial score (nSPS) is 11.0. The number of fused-ring (bicyclic) bond motifs is 1. The second kappa shape index (κ2) is 8.26. The number of anilines is 1. The molecule has 29 heavy (non-hydrogen) atoms. The van der Waals surface area contributed by atoms with Crippen LogP contribution in [0.4, 0.5) is 5.82 Å². The van der Waals surface area contributed by atoms with Gasteiger partial charge in [0.25, 0.3) is 5.91 Å². The van der Waals surface area contributed by atoms with Gasteiger partial charge in [0.1, 0.15) is 17.1 Å². The van der Waals surface area contributed by atoms with E-state index in [0.717, 1.165) is 26.6 Å². The Hall–Kier alpha value is -2.84. The second-order valence-electron chi connectivity index (χ2n) is 6.30. The van der Waals surface area contributed by atoms with E-state index < -0.39 is 0 Å². The highest BCUT2D eigenvalue weighted by molar-refractivity contribution is 7.98. The number of benzene rings is 2. The highest BCUT2D eigenvalue weighted by atomic mass is 32.2. The number of carbonyl (C=O) groups is 1. The number of thiazole rings is 1. The van der Waals surface area contributed by atoms with Crippen molar-refractivity contribution in [3.05, 3.63) is 59.8 Å². The zero-order chi connectivity index (χ0) is 20.4. The summed E-state index contributed by atoms with van der Waals surface area (Å²) in [5.74, 6) is 1.14. The molecule has 1 amide bonds. The molecule has 0 fully saturated rings. The van der Waals surface area contributed by atoms with E-state index >= 15 is 0 Å². The summed E-state index contributed by atoms with van der Waals surface area (Å²) < 4.78 is 8.36. The first kappa shape index (κ1) is 19.5. The lowest BCUT2D eigenvalue weighted by Gasteiger charge is -2.07. The quantitative estimate of drug-likeness (QED) is 0.433. The van der Waals surface area contributed by atoms with Gasteiger partial charge in [0.15, 0.2) is 0 Å². The molecular formula is C21H20N4O2S2. The molecule has 1 N–H and O–H groups in total. The molecule has 0 aliphatic rings. The first-order valence-corrected chi connectivity index (χ1v) is 11.2. The van der Waals surface area contributed by atoms with Gasteiger partial charge < -0.3 is 10.1 Å². The van der Waals surface area contributed by atoms with Crippen molar-refractivity contribution in [1.29, 1.82) is 0 Å². The van der Waals surface area contributed by atoms with Gasteiger partial charge in [0.2, 0.25) is 5.13 Å². The molecule has 4 rings (SSSR count). The van der Waals surface area contributed by atoms with Crippen LogP contribution in [0.3, 0.4) is 0 Å². The van der Waals surface area contributed by atoms with Crippen molar-refractivity contribution >= 4 is 45.0 Å². The van der Waals surface area contributed by atoms with Crippen LogP contribution in [0.1, 0.15) is 23.0 Å². The summed E-state index contributed by atoms with van der Waals surface area (Å²) in [5.41, 5.74) is 2.19. The average molecular weight is 425 g/mol. The molecule has 2 aromatic heterocycles. The van der Waals surface area contributed by atoms with Gasteiger partial charge in [0, 0.05) is 16.5 Å². The average Bonchev–Trinajstić information content (AvgIpc) is 3.32. The molecule has 6 nitrogen and oxygen atoms in total. The summed E-state index contributed by atoms with van der Waals surface area (Å²) in [6.45, 7) is 4.41.